The van der Waals surface area contributed by atoms with Crippen LogP contribution in [-0.2, 0) is 102 Å². The molecule has 0 unspecified atom stereocenters. The quantitative estimate of drug-likeness (QED) is 0.0385. The number of para-hydroxylation sites is 1. The molecule has 15 atom stereocenters. The fourth-order valence-electron chi connectivity index (χ4n) is 17.4. The maximum atomic E-state index is 15.8. The number of aromatic nitrogens is 7. The number of aliphatic hydroxyl groups excluding tert-OH is 2. The predicted molar refractivity (Wildman–Crippen MR) is 496 cm³/mol. The molecular weight excluding hydrogens is 1770 g/mol. The lowest BCUT2D eigenvalue weighted by Crippen LogP contribution is -2.60. The van der Waals surface area contributed by atoms with E-state index >= 15 is 33.6 Å². The number of nitrogens with zero attached hydrogens (tertiary/aromatic N) is 9. The molecule has 3 aliphatic heterocycles. The highest BCUT2D eigenvalue weighted by atomic mass is 32.2. The molecule has 10 rings (SSSR count). The number of thioether (sulfide) groups is 1. The number of tetrazole rings is 1. The molecule has 724 valence electrons. The van der Waals surface area contributed by atoms with Crippen molar-refractivity contribution in [2.45, 2.75) is 242 Å². The van der Waals surface area contributed by atoms with Gasteiger partial charge < -0.3 is 99.3 Å². The van der Waals surface area contributed by atoms with Crippen molar-refractivity contribution < 1.29 is 92.0 Å². The minimum Gasteiger partial charge on any atom is -0.508 e. The van der Waals surface area contributed by atoms with Gasteiger partial charge >= 0.3 is 0 Å². The number of aliphatic hydroxyl groups is 2. The molecule has 0 radical (unpaired) electrons. The lowest BCUT2D eigenvalue weighted by molar-refractivity contribution is -0.146. The Morgan fingerprint density at radius 1 is 0.627 bits per heavy atom. The summed E-state index contributed by atoms with van der Waals surface area (Å²) in [4.78, 5) is 250. The number of aromatic amines is 2. The number of H-pyrrole nitrogens is 2. The van der Waals surface area contributed by atoms with Crippen LogP contribution in [-0.4, -0.2) is 289 Å². The van der Waals surface area contributed by atoms with Crippen molar-refractivity contribution in [2.75, 3.05) is 58.4 Å². The minimum atomic E-state index is -1.75. The van der Waals surface area contributed by atoms with Crippen LogP contribution >= 0.6 is 23.1 Å². The van der Waals surface area contributed by atoms with Gasteiger partial charge in [-0.25, -0.2) is 9.67 Å². The molecule has 0 spiro atoms. The second kappa shape index (κ2) is 49.5. The number of hydrogen-bond donors (Lipinski definition) is 15. The van der Waals surface area contributed by atoms with E-state index in [0.29, 0.717) is 53.4 Å². The van der Waals surface area contributed by atoms with E-state index in [2.05, 4.69) is 67.7 Å². The Morgan fingerprint density at radius 2 is 1.28 bits per heavy atom. The molecule has 3 aliphatic rings. The standard InChI is InChI=1S/C92H125N21O19S2/c1-8-10-22-72-87(127)100-66(21-16-30-93)85(125)105-71(84(124)98-44-80(95)121)49-133-48-62(117)36-56(33-53-26-28-60(115)29-27-53)89(129)109(6)52(5)82(122)102-69(41-79(94)120)90(130)111-31-17-24-73(111)88(128)101-67(39-59-43-96-50-99-59)86(126)103-68(32-51(3)4)91(131)112-45-61(116)40-75(112)77(119)38-55(35-57-42-97-65-20-14-12-18-63(57)65)83(123)104-70(46-114)76(118)37-54(34-58-47-134-78-25-15-13-19-64(58)78)81-106-107-108-113(81)74(23-11-9-2)92(132)110(72)7/h12-15,18-20,25-29,42-43,47,50-52,54-56,61,66-75,97,114-116H,8-11,16-17,21-24,30-41,44-46,48-49,93H2,1-7H3,(H2,94,120)(H2,95,121)(H,96,99)(H,98,124)(H,100,127)(H,101,128)(H,102,122)(H,103,126)(H,104,123)(H,105,125)/t52-,54+,55+,56+,61+,66-,67-,68-,69-,70-,71-,72-,73-,74-,75-/m0/s1. The highest BCUT2D eigenvalue weighted by Gasteiger charge is 2.47. The highest BCUT2D eigenvalue weighted by molar-refractivity contribution is 8.00. The largest absolute Gasteiger partial charge is 0.508 e. The third-order valence-corrected chi connectivity index (χ3v) is 26.9. The number of thiophene rings is 1. The number of phenols is 1. The molecule has 134 heavy (non-hydrogen) atoms. The van der Waals surface area contributed by atoms with E-state index in [9.17, 15) is 58.5 Å². The Hall–Kier alpha value is -12.4. The topological polar surface area (TPSA) is 597 Å². The molecule has 2 fully saturated rings. The number of nitrogens with two attached hydrogens (primary N) is 3. The molecule has 13 amide bonds. The summed E-state index contributed by atoms with van der Waals surface area (Å²) in [6.07, 6.45) is 2.19. The van der Waals surface area contributed by atoms with Gasteiger partial charge in [-0.05, 0) is 146 Å². The summed E-state index contributed by atoms with van der Waals surface area (Å²) in [6.45, 7) is 6.55. The summed E-state index contributed by atoms with van der Waals surface area (Å²) in [7, 11) is 2.70. The van der Waals surface area contributed by atoms with Crippen molar-refractivity contribution in [3.8, 4) is 5.75 Å². The first-order chi connectivity index (χ1) is 64.1. The lowest BCUT2D eigenvalue weighted by Gasteiger charge is -2.32. The number of nitrogens with one attached hydrogen (secondary N) is 9. The van der Waals surface area contributed by atoms with E-state index < -0.39 is 236 Å². The van der Waals surface area contributed by atoms with Gasteiger partial charge in [0.25, 0.3) is 0 Å². The summed E-state index contributed by atoms with van der Waals surface area (Å²) in [6, 6.07) is 4.40. The van der Waals surface area contributed by atoms with Gasteiger partial charge in [-0.3, -0.25) is 76.7 Å². The normalized spacial score (nSPS) is 24.9. The summed E-state index contributed by atoms with van der Waals surface area (Å²) < 4.78 is 2.23. The Labute approximate surface area is 783 Å². The van der Waals surface area contributed by atoms with Gasteiger partial charge in [0.15, 0.2) is 17.4 Å². The number of primary amides is 2. The number of unbranched alkanes of at least 4 members (excludes halogenated alkanes) is 2. The Morgan fingerprint density at radius 3 is 1.97 bits per heavy atom. The van der Waals surface area contributed by atoms with E-state index in [1.807, 2.05) is 55.6 Å². The highest BCUT2D eigenvalue weighted by Crippen LogP contribution is 2.36. The molecule has 42 heteroatoms. The maximum absolute atomic E-state index is 15.8. The number of hydrogen-bond acceptors (Lipinski definition) is 26. The van der Waals surface area contributed by atoms with Crippen molar-refractivity contribution in [2.24, 2.45) is 35.0 Å². The number of ketones is 3. The molecule has 18 N–H and O–H groups in total. The fraction of sp³-hybridized carbons (Fsp3) is 0.543. The van der Waals surface area contributed by atoms with Crippen molar-refractivity contribution in [1.29, 1.82) is 0 Å². The van der Waals surface area contributed by atoms with Gasteiger partial charge in [0.2, 0.25) is 76.8 Å². The Kier molecular flexibility index (Phi) is 38.3. The van der Waals surface area contributed by atoms with Crippen LogP contribution in [0.2, 0.25) is 0 Å². The van der Waals surface area contributed by atoms with Crippen molar-refractivity contribution in [3.63, 3.8) is 0 Å². The molecule has 3 aromatic carbocycles. The first kappa shape index (κ1) is 104. The van der Waals surface area contributed by atoms with E-state index in [1.54, 1.807) is 32.2 Å². The summed E-state index contributed by atoms with van der Waals surface area (Å²) in [5.74, 6) is -18.1. The molecule has 40 nitrogen and oxygen atoms in total. The molecule has 2 saturated heterocycles. The van der Waals surface area contributed by atoms with Crippen molar-refractivity contribution >= 4 is 138 Å². The van der Waals surface area contributed by atoms with Gasteiger partial charge in [0.1, 0.15) is 72.0 Å². The van der Waals surface area contributed by atoms with Crippen molar-refractivity contribution in [3.05, 3.63) is 125 Å². The predicted octanol–water partition coefficient (Wildman–Crippen LogP) is 1.42. The minimum absolute atomic E-state index is 0.00725. The molecule has 4 aromatic heterocycles. The number of aromatic hydroxyl groups is 1. The van der Waals surface area contributed by atoms with E-state index in [1.165, 1.54) is 78.7 Å². The first-order valence-electron chi connectivity index (χ1n) is 45.6. The van der Waals surface area contributed by atoms with Crippen LogP contribution in [0.5, 0.6) is 5.75 Å². The number of Topliss-reactive ketones (excluding diaryl/α,β-unsaturated/α-hetero) is 3. The van der Waals surface area contributed by atoms with Crippen LogP contribution in [0.4, 0.5) is 0 Å². The Balaban J connectivity index is 1.02. The van der Waals surface area contributed by atoms with Crippen LogP contribution in [0.15, 0.2) is 96.9 Å². The molecule has 7 aromatic rings. The maximum Gasteiger partial charge on any atom is 0.248 e. The molecular formula is C92H125N21O19S2. The van der Waals surface area contributed by atoms with Crippen LogP contribution in [0.3, 0.4) is 0 Å². The zero-order chi connectivity index (χ0) is 97.1. The summed E-state index contributed by atoms with van der Waals surface area (Å²) >= 11 is 2.30. The molecule has 7 heterocycles. The second-order valence-corrected chi connectivity index (χ2v) is 37.2. The molecule has 0 aliphatic carbocycles. The van der Waals surface area contributed by atoms with Crippen LogP contribution in [0.1, 0.15) is 178 Å². The summed E-state index contributed by atoms with van der Waals surface area (Å²) in [5.41, 5.74) is 20.1. The van der Waals surface area contributed by atoms with E-state index in [4.69, 9.17) is 17.2 Å². The van der Waals surface area contributed by atoms with E-state index in [-0.39, 0.29) is 113 Å². The average molecular weight is 1890 g/mol. The molecule has 0 saturated carbocycles. The number of phenolic OH excluding ortho intramolecular Hbond substituents is 1. The third-order valence-electron chi connectivity index (χ3n) is 24.8. The summed E-state index contributed by atoms with van der Waals surface area (Å²) in [5, 5.41) is 68.5. The number of carbonyl (C=O) groups excluding carboxylic acids is 16. The average Bonchev–Trinajstić information content (AvgIpc) is 1.59. The van der Waals surface area contributed by atoms with Gasteiger partial charge in [0, 0.05) is 116 Å². The monoisotopic (exact) mass is 1890 g/mol. The van der Waals surface area contributed by atoms with E-state index in [0.717, 1.165) is 42.1 Å². The van der Waals surface area contributed by atoms with Gasteiger partial charge in [-0.1, -0.05) is 102 Å². The number of fused-ring (bicyclic) bond motifs is 5. The lowest BCUT2D eigenvalue weighted by atomic mass is 9.89. The van der Waals surface area contributed by atoms with Crippen LogP contribution < -0.4 is 54.4 Å². The third kappa shape index (κ3) is 27.9. The first-order valence-corrected chi connectivity index (χ1v) is 47.6. The van der Waals surface area contributed by atoms with Crippen LogP contribution in [0.25, 0.3) is 21.0 Å². The van der Waals surface area contributed by atoms with Gasteiger partial charge in [-0.15, -0.1) is 16.4 Å². The van der Waals surface area contributed by atoms with Crippen molar-refractivity contribution in [1.82, 2.24) is 92.0 Å². The number of benzene rings is 3. The number of rotatable bonds is 25. The number of carbonyl (C=O) groups is 16. The van der Waals surface area contributed by atoms with Crippen LogP contribution in [0, 0.1) is 17.8 Å². The second-order valence-electron chi connectivity index (χ2n) is 35.3. The fourth-order valence-corrected chi connectivity index (χ4v) is 19.3. The Bertz CT molecular complexity index is 5300. The number of likely N-dealkylation sites (N-methyl/N-ethyl adjacent to an activating group) is 2. The van der Waals surface area contributed by atoms with Gasteiger partial charge in [-0.2, -0.15) is 11.8 Å². The zero-order valence-corrected chi connectivity index (χ0v) is 78.1. The molecule has 0 bridgehead atoms. The number of imidazole rings is 1. The smallest absolute Gasteiger partial charge is 0.248 e. The zero-order valence-electron chi connectivity index (χ0n) is 76.5. The van der Waals surface area contributed by atoms with Gasteiger partial charge in [0.05, 0.1) is 43.8 Å². The SMILES string of the molecule is CCCC[C@H]1C(=O)N[C@@H](CCCN)C(=O)N[C@H](C(=O)NCC(N)=O)CSCC(=O)C[C@@H](Cc2ccc(O)cc2)C(=O)N(C)[C@@H](C)C(=O)N[C@@H](CC(N)=O)C(=O)N2CCC[C@H]2C(=O)N[C@@H](Cc2cnc[nH]2)C(=O)N[C@@H](CC(C)C)C(=O)N2C[C@H](O)C[C@H]2C(=O)C[C@@H](Cc2c[nH]c3ccccc23)C(=O)N[C@@H](CO)C(=O)C[C@@H](Cc2csc3ccccc23)c2nnnn2[C@@H](CCCC)C(=O)N1C. The number of amides is 13.